The lowest BCUT2D eigenvalue weighted by Gasteiger charge is -2.27. The summed E-state index contributed by atoms with van der Waals surface area (Å²) in [5, 5.41) is 11.4. The summed E-state index contributed by atoms with van der Waals surface area (Å²) in [6, 6.07) is 0.148. The Hall–Kier alpha value is -1.26. The molecule has 5 nitrogen and oxygen atoms in total. The molecule has 0 aromatic carbocycles. The van der Waals surface area contributed by atoms with Gasteiger partial charge in [0.25, 0.3) is 0 Å². The smallest absolute Gasteiger partial charge is 0.317 e. The third-order valence-electron chi connectivity index (χ3n) is 2.45. The maximum Gasteiger partial charge on any atom is 0.317 e. The van der Waals surface area contributed by atoms with Crippen LogP contribution in [0.15, 0.2) is 0 Å². The van der Waals surface area contributed by atoms with Crippen molar-refractivity contribution in [2.45, 2.75) is 44.7 Å². The van der Waals surface area contributed by atoms with Crippen molar-refractivity contribution < 1.29 is 14.7 Å². The normalized spacial score (nSPS) is 15.9. The van der Waals surface area contributed by atoms with Crippen molar-refractivity contribution >= 4 is 12.0 Å². The molecule has 1 rings (SSSR count). The van der Waals surface area contributed by atoms with Crippen LogP contribution in [-0.2, 0) is 4.79 Å². The van der Waals surface area contributed by atoms with E-state index in [1.54, 1.807) is 25.8 Å². The summed E-state index contributed by atoms with van der Waals surface area (Å²) in [4.78, 5) is 23.8. The van der Waals surface area contributed by atoms with Crippen molar-refractivity contribution in [3.05, 3.63) is 0 Å². The molecule has 2 amide bonds. The maximum absolute atomic E-state index is 11.6. The van der Waals surface area contributed by atoms with Crippen molar-refractivity contribution in [2.24, 2.45) is 0 Å². The van der Waals surface area contributed by atoms with Crippen LogP contribution in [0.25, 0.3) is 0 Å². The van der Waals surface area contributed by atoms with Gasteiger partial charge in [-0.15, -0.1) is 0 Å². The van der Waals surface area contributed by atoms with Crippen molar-refractivity contribution in [3.8, 4) is 0 Å². The Bertz CT molecular complexity index is 272. The second-order valence-electron chi connectivity index (χ2n) is 4.73. The first kappa shape index (κ1) is 11.8. The van der Waals surface area contributed by atoms with Crippen molar-refractivity contribution in [1.29, 1.82) is 0 Å². The molecule has 0 saturated heterocycles. The van der Waals surface area contributed by atoms with Gasteiger partial charge in [-0.3, -0.25) is 4.79 Å². The molecule has 1 aliphatic carbocycles. The number of hydrogen-bond donors (Lipinski definition) is 2. The first-order chi connectivity index (χ1) is 6.82. The summed E-state index contributed by atoms with van der Waals surface area (Å²) in [7, 11) is 1.74. The Labute approximate surface area is 89.4 Å². The highest BCUT2D eigenvalue weighted by atomic mass is 16.4. The molecule has 0 atom stereocenters. The van der Waals surface area contributed by atoms with Crippen LogP contribution in [-0.4, -0.2) is 40.6 Å². The first-order valence-corrected chi connectivity index (χ1v) is 5.08. The molecular weight excluding hydrogens is 196 g/mol. The van der Waals surface area contributed by atoms with Crippen LogP contribution in [0, 0.1) is 0 Å². The number of amides is 2. The molecule has 0 bridgehead atoms. The van der Waals surface area contributed by atoms with Gasteiger partial charge in [0.2, 0.25) is 0 Å². The van der Waals surface area contributed by atoms with Crippen LogP contribution in [0.2, 0.25) is 0 Å². The van der Waals surface area contributed by atoms with Gasteiger partial charge in [-0.1, -0.05) is 0 Å². The molecule has 1 saturated carbocycles. The molecule has 86 valence electrons. The van der Waals surface area contributed by atoms with E-state index in [0.717, 1.165) is 12.8 Å². The minimum atomic E-state index is -0.908. The highest BCUT2D eigenvalue weighted by Gasteiger charge is 2.32. The Kier molecular flexibility index (Phi) is 3.21. The van der Waals surface area contributed by atoms with E-state index in [-0.39, 0.29) is 12.5 Å². The molecule has 0 radical (unpaired) electrons. The lowest BCUT2D eigenvalue weighted by Crippen LogP contribution is -2.50. The minimum absolute atomic E-state index is 0.0722. The van der Waals surface area contributed by atoms with Crippen LogP contribution >= 0.6 is 0 Å². The van der Waals surface area contributed by atoms with E-state index in [4.69, 9.17) is 5.11 Å². The third kappa shape index (κ3) is 3.77. The van der Waals surface area contributed by atoms with Gasteiger partial charge in [0.1, 0.15) is 0 Å². The lowest BCUT2D eigenvalue weighted by atomic mass is 10.0. The van der Waals surface area contributed by atoms with Gasteiger partial charge in [-0.25, -0.2) is 4.79 Å². The van der Waals surface area contributed by atoms with Crippen LogP contribution in [0.1, 0.15) is 33.1 Å². The minimum Gasteiger partial charge on any atom is -0.481 e. The predicted molar refractivity (Wildman–Crippen MR) is 55.6 cm³/mol. The number of nitrogens with zero attached hydrogens (tertiary/aromatic N) is 1. The topological polar surface area (TPSA) is 69.6 Å². The van der Waals surface area contributed by atoms with E-state index in [0.29, 0.717) is 6.04 Å². The average Bonchev–Trinajstić information content (AvgIpc) is 2.80. The van der Waals surface area contributed by atoms with Crippen LogP contribution in [0.3, 0.4) is 0 Å². The fourth-order valence-electron chi connectivity index (χ4n) is 1.43. The zero-order chi connectivity index (χ0) is 11.6. The van der Waals surface area contributed by atoms with Crippen LogP contribution in [0.4, 0.5) is 4.79 Å². The van der Waals surface area contributed by atoms with Gasteiger partial charge in [-0.05, 0) is 26.7 Å². The molecule has 0 heterocycles. The van der Waals surface area contributed by atoms with E-state index in [2.05, 4.69) is 5.32 Å². The highest BCUT2D eigenvalue weighted by Crippen LogP contribution is 2.25. The fraction of sp³-hybridized carbons (Fsp3) is 0.800. The maximum atomic E-state index is 11.6. The monoisotopic (exact) mass is 214 g/mol. The average molecular weight is 214 g/mol. The van der Waals surface area contributed by atoms with Gasteiger partial charge in [-0.2, -0.15) is 0 Å². The molecule has 0 aliphatic heterocycles. The molecule has 1 aliphatic rings. The van der Waals surface area contributed by atoms with E-state index >= 15 is 0 Å². The number of rotatable bonds is 4. The molecular formula is C10H18N2O3. The molecule has 0 unspecified atom stereocenters. The lowest BCUT2D eigenvalue weighted by molar-refractivity contribution is -0.138. The fourth-order valence-corrected chi connectivity index (χ4v) is 1.43. The molecule has 0 aromatic heterocycles. The van der Waals surface area contributed by atoms with Gasteiger partial charge < -0.3 is 15.3 Å². The second-order valence-corrected chi connectivity index (χ2v) is 4.73. The Morgan fingerprint density at radius 1 is 1.47 bits per heavy atom. The summed E-state index contributed by atoms with van der Waals surface area (Å²) in [6.45, 7) is 3.42. The molecule has 15 heavy (non-hydrogen) atoms. The third-order valence-corrected chi connectivity index (χ3v) is 2.45. The number of nitrogens with one attached hydrogen (secondary N) is 1. The molecule has 1 fully saturated rings. The molecule has 0 spiro atoms. The van der Waals surface area contributed by atoms with Gasteiger partial charge in [0.05, 0.1) is 6.42 Å². The van der Waals surface area contributed by atoms with Crippen molar-refractivity contribution in [3.63, 3.8) is 0 Å². The van der Waals surface area contributed by atoms with E-state index < -0.39 is 11.5 Å². The zero-order valence-corrected chi connectivity index (χ0v) is 9.41. The number of carbonyl (C=O) groups excluding carboxylic acids is 1. The predicted octanol–water partition coefficient (Wildman–Crippen LogP) is 1.04. The summed E-state index contributed by atoms with van der Waals surface area (Å²) < 4.78 is 0. The highest BCUT2D eigenvalue weighted by molar-refractivity contribution is 5.77. The number of carboxylic acid groups (broad SMARTS) is 1. The Morgan fingerprint density at radius 3 is 2.40 bits per heavy atom. The standard InChI is InChI=1S/C10H18N2O3/c1-10(2,6-8(13)14)11-9(15)12(3)7-4-5-7/h7H,4-6H2,1-3H3,(H,11,15)(H,13,14). The number of aliphatic carboxylic acids is 1. The number of carbonyl (C=O) groups is 2. The summed E-state index contributed by atoms with van der Waals surface area (Å²) in [5.74, 6) is -0.908. The summed E-state index contributed by atoms with van der Waals surface area (Å²) in [6.07, 6.45) is 2.02. The second kappa shape index (κ2) is 4.08. The SMILES string of the molecule is CN(C(=O)NC(C)(C)CC(=O)O)C1CC1. The summed E-state index contributed by atoms with van der Waals surface area (Å²) >= 11 is 0. The van der Waals surface area contributed by atoms with E-state index in [1.807, 2.05) is 0 Å². The zero-order valence-electron chi connectivity index (χ0n) is 9.41. The van der Waals surface area contributed by atoms with Crippen molar-refractivity contribution in [2.75, 3.05) is 7.05 Å². The van der Waals surface area contributed by atoms with Crippen molar-refractivity contribution in [1.82, 2.24) is 10.2 Å². The quantitative estimate of drug-likeness (QED) is 0.734. The van der Waals surface area contributed by atoms with Crippen LogP contribution < -0.4 is 5.32 Å². The Balaban J connectivity index is 2.44. The number of urea groups is 1. The van der Waals surface area contributed by atoms with Gasteiger partial charge >= 0.3 is 12.0 Å². The van der Waals surface area contributed by atoms with Gasteiger partial charge in [0.15, 0.2) is 0 Å². The largest absolute Gasteiger partial charge is 0.481 e. The first-order valence-electron chi connectivity index (χ1n) is 5.08. The molecule has 5 heteroatoms. The Morgan fingerprint density at radius 2 is 2.00 bits per heavy atom. The van der Waals surface area contributed by atoms with E-state index in [1.165, 1.54) is 0 Å². The molecule has 0 aromatic rings. The summed E-state index contributed by atoms with van der Waals surface area (Å²) in [5.41, 5.74) is -0.702. The van der Waals surface area contributed by atoms with E-state index in [9.17, 15) is 9.59 Å². The number of carboxylic acids is 1. The van der Waals surface area contributed by atoms with Crippen LogP contribution in [0.5, 0.6) is 0 Å². The van der Waals surface area contributed by atoms with Gasteiger partial charge in [0, 0.05) is 18.6 Å². The number of hydrogen-bond acceptors (Lipinski definition) is 2. The molecule has 2 N–H and O–H groups in total.